The van der Waals surface area contributed by atoms with Crippen molar-refractivity contribution in [2.45, 2.75) is 0 Å². The number of methoxy groups -OCH3 is 2. The Labute approximate surface area is 168 Å². The van der Waals surface area contributed by atoms with Gasteiger partial charge in [0, 0.05) is 26.1 Å². The number of benzene rings is 2. The molecule has 5 nitrogen and oxygen atoms in total. The van der Waals surface area contributed by atoms with E-state index < -0.39 is 0 Å². The van der Waals surface area contributed by atoms with Crippen LogP contribution in [0, 0.1) is 9.39 Å². The zero-order chi connectivity index (χ0) is 19.0. The lowest BCUT2D eigenvalue weighted by atomic mass is 10.1. The average molecular weight is 475 g/mol. The van der Waals surface area contributed by atoms with Gasteiger partial charge in [-0.1, -0.05) is 6.07 Å². The van der Waals surface area contributed by atoms with Gasteiger partial charge >= 0.3 is 0 Å². The average Bonchev–Trinajstić information content (AvgIpc) is 3.12. The van der Waals surface area contributed by atoms with E-state index >= 15 is 0 Å². The third-order valence-corrected chi connectivity index (χ3v) is 5.15. The Morgan fingerprint density at radius 1 is 0.926 bits per heavy atom. The van der Waals surface area contributed by atoms with E-state index in [1.165, 1.54) is 6.07 Å². The second-order valence-electron chi connectivity index (χ2n) is 5.90. The highest BCUT2D eigenvalue weighted by atomic mass is 127. The van der Waals surface area contributed by atoms with Crippen LogP contribution in [0.3, 0.4) is 0 Å². The molecule has 2 aromatic heterocycles. The Hall–Kier alpha value is -2.68. The Morgan fingerprint density at radius 2 is 1.67 bits per heavy atom. The zero-order valence-electron chi connectivity index (χ0n) is 14.6. The molecule has 27 heavy (non-hydrogen) atoms. The standard InChI is InChI=1S/C20H15FIN3O2/c1-26-13-7-12(8-14(10-13)27-2)18-6-4-15-19(24-25-20(15)23-18)11-3-5-17(22)16(21)9-11/h3-10H,1-2H3,(H,23,24,25). The molecule has 0 atom stereocenters. The van der Waals surface area contributed by atoms with Crippen molar-refractivity contribution in [2.75, 3.05) is 14.2 Å². The number of hydrogen-bond acceptors (Lipinski definition) is 4. The number of nitrogens with zero attached hydrogens (tertiary/aromatic N) is 2. The highest BCUT2D eigenvalue weighted by Gasteiger charge is 2.13. The summed E-state index contributed by atoms with van der Waals surface area (Å²) >= 11 is 1.97. The first-order valence-corrected chi connectivity index (χ1v) is 9.21. The highest BCUT2D eigenvalue weighted by Crippen LogP contribution is 2.32. The monoisotopic (exact) mass is 475 g/mol. The Kier molecular flexibility index (Phi) is 4.69. The summed E-state index contributed by atoms with van der Waals surface area (Å²) in [4.78, 5) is 4.63. The SMILES string of the molecule is COc1cc(OC)cc(-c2ccc3c(-c4ccc(I)c(F)c4)[nH]nc3n2)c1. The number of rotatable bonds is 4. The van der Waals surface area contributed by atoms with E-state index in [0.717, 1.165) is 27.9 Å². The number of nitrogens with one attached hydrogen (secondary N) is 1. The lowest BCUT2D eigenvalue weighted by molar-refractivity contribution is 0.394. The van der Waals surface area contributed by atoms with Crippen molar-refractivity contribution < 1.29 is 13.9 Å². The molecule has 4 aromatic rings. The number of aromatic nitrogens is 3. The highest BCUT2D eigenvalue weighted by molar-refractivity contribution is 14.1. The summed E-state index contributed by atoms with van der Waals surface area (Å²) in [5.41, 5.74) is 3.63. The molecule has 0 saturated heterocycles. The third-order valence-electron chi connectivity index (χ3n) is 4.27. The van der Waals surface area contributed by atoms with E-state index in [4.69, 9.17) is 9.47 Å². The van der Waals surface area contributed by atoms with Crippen molar-refractivity contribution in [1.82, 2.24) is 15.2 Å². The largest absolute Gasteiger partial charge is 0.497 e. The second kappa shape index (κ2) is 7.15. The van der Waals surface area contributed by atoms with Crippen molar-refractivity contribution in [2.24, 2.45) is 0 Å². The fourth-order valence-electron chi connectivity index (χ4n) is 2.89. The van der Waals surface area contributed by atoms with Gasteiger partial charge in [-0.25, -0.2) is 9.37 Å². The molecule has 0 aliphatic rings. The van der Waals surface area contributed by atoms with Crippen LogP contribution < -0.4 is 9.47 Å². The van der Waals surface area contributed by atoms with Gasteiger partial charge in [0.25, 0.3) is 0 Å². The van der Waals surface area contributed by atoms with Gasteiger partial charge in [-0.15, -0.1) is 0 Å². The summed E-state index contributed by atoms with van der Waals surface area (Å²) in [5, 5.41) is 8.09. The molecule has 0 fully saturated rings. The number of ether oxygens (including phenoxy) is 2. The second-order valence-corrected chi connectivity index (χ2v) is 7.06. The van der Waals surface area contributed by atoms with Crippen LogP contribution in [0.4, 0.5) is 4.39 Å². The quantitative estimate of drug-likeness (QED) is 0.420. The zero-order valence-corrected chi connectivity index (χ0v) is 16.7. The van der Waals surface area contributed by atoms with Crippen LogP contribution in [-0.2, 0) is 0 Å². The fraction of sp³-hybridized carbons (Fsp3) is 0.100. The van der Waals surface area contributed by atoms with Gasteiger partial charge in [0.05, 0.1) is 25.6 Å². The minimum atomic E-state index is -0.260. The molecule has 0 amide bonds. The lowest BCUT2D eigenvalue weighted by Crippen LogP contribution is -1.90. The van der Waals surface area contributed by atoms with E-state index in [-0.39, 0.29) is 5.82 Å². The molecule has 2 aromatic carbocycles. The third kappa shape index (κ3) is 3.34. The van der Waals surface area contributed by atoms with Crippen LogP contribution in [0.1, 0.15) is 0 Å². The summed E-state index contributed by atoms with van der Waals surface area (Å²) in [6, 6.07) is 14.5. The normalized spacial score (nSPS) is 11.0. The molecular weight excluding hydrogens is 460 g/mol. The van der Waals surface area contributed by atoms with Crippen molar-refractivity contribution in [3.05, 3.63) is 57.9 Å². The van der Waals surface area contributed by atoms with Crippen LogP contribution in [0.25, 0.3) is 33.5 Å². The summed E-state index contributed by atoms with van der Waals surface area (Å²) in [6.07, 6.45) is 0. The van der Waals surface area contributed by atoms with Crippen LogP contribution in [0.15, 0.2) is 48.5 Å². The first-order chi connectivity index (χ1) is 13.1. The molecule has 1 N–H and O–H groups in total. The Morgan fingerprint density at radius 3 is 2.33 bits per heavy atom. The summed E-state index contributed by atoms with van der Waals surface area (Å²) < 4.78 is 25.1. The molecule has 7 heteroatoms. The number of fused-ring (bicyclic) bond motifs is 1. The molecule has 0 aliphatic heterocycles. The predicted molar refractivity (Wildman–Crippen MR) is 111 cm³/mol. The molecule has 4 rings (SSSR count). The molecule has 0 spiro atoms. The Balaban J connectivity index is 1.80. The summed E-state index contributed by atoms with van der Waals surface area (Å²) in [7, 11) is 3.21. The maximum atomic E-state index is 13.9. The van der Waals surface area contributed by atoms with Gasteiger partial charge in [0.15, 0.2) is 5.65 Å². The van der Waals surface area contributed by atoms with Crippen LogP contribution in [-0.4, -0.2) is 29.4 Å². The molecule has 0 aliphatic carbocycles. The number of hydrogen-bond donors (Lipinski definition) is 1. The smallest absolute Gasteiger partial charge is 0.182 e. The van der Waals surface area contributed by atoms with Crippen molar-refractivity contribution in [3.63, 3.8) is 0 Å². The number of H-pyrrole nitrogens is 1. The van der Waals surface area contributed by atoms with Crippen molar-refractivity contribution in [1.29, 1.82) is 0 Å². The van der Waals surface area contributed by atoms with E-state index in [1.807, 2.05) is 52.9 Å². The van der Waals surface area contributed by atoms with Gasteiger partial charge in [-0.05, 0) is 59.0 Å². The first-order valence-electron chi connectivity index (χ1n) is 8.13. The van der Waals surface area contributed by atoms with Crippen LogP contribution in [0.2, 0.25) is 0 Å². The van der Waals surface area contributed by atoms with Gasteiger partial charge in [-0.2, -0.15) is 5.10 Å². The van der Waals surface area contributed by atoms with E-state index in [9.17, 15) is 4.39 Å². The summed E-state index contributed by atoms with van der Waals surface area (Å²) in [5.74, 6) is 1.11. The van der Waals surface area contributed by atoms with Gasteiger partial charge in [0.2, 0.25) is 0 Å². The van der Waals surface area contributed by atoms with Crippen LogP contribution in [0.5, 0.6) is 11.5 Å². The maximum Gasteiger partial charge on any atom is 0.182 e. The minimum absolute atomic E-state index is 0.260. The number of aromatic amines is 1. The first kappa shape index (κ1) is 17.7. The predicted octanol–water partition coefficient (Wildman–Crippen LogP) is 5.05. The fourth-order valence-corrected chi connectivity index (χ4v) is 3.22. The molecule has 2 heterocycles. The van der Waals surface area contributed by atoms with Gasteiger partial charge in [-0.3, -0.25) is 5.10 Å². The van der Waals surface area contributed by atoms with Gasteiger partial charge in [0.1, 0.15) is 17.3 Å². The molecule has 0 bridgehead atoms. The topological polar surface area (TPSA) is 60.0 Å². The van der Waals surface area contributed by atoms with Crippen molar-refractivity contribution >= 4 is 33.6 Å². The van der Waals surface area contributed by atoms with E-state index in [2.05, 4.69) is 15.2 Å². The van der Waals surface area contributed by atoms with Crippen molar-refractivity contribution in [3.8, 4) is 34.0 Å². The molecule has 0 saturated carbocycles. The minimum Gasteiger partial charge on any atom is -0.497 e. The van der Waals surface area contributed by atoms with Crippen LogP contribution >= 0.6 is 22.6 Å². The molecule has 0 unspecified atom stereocenters. The number of pyridine rings is 1. The lowest BCUT2D eigenvalue weighted by Gasteiger charge is -2.08. The number of halogens is 2. The van der Waals surface area contributed by atoms with Gasteiger partial charge < -0.3 is 9.47 Å². The van der Waals surface area contributed by atoms with E-state index in [1.54, 1.807) is 26.4 Å². The summed E-state index contributed by atoms with van der Waals surface area (Å²) in [6.45, 7) is 0. The molecule has 136 valence electrons. The molecular formula is C20H15FIN3O2. The molecule has 0 radical (unpaired) electrons. The maximum absolute atomic E-state index is 13.9. The Bertz CT molecular complexity index is 1120. The van der Waals surface area contributed by atoms with E-state index in [0.29, 0.717) is 20.7 Å².